The summed E-state index contributed by atoms with van der Waals surface area (Å²) in [7, 11) is -3.21. The molecule has 1 unspecified atom stereocenters. The summed E-state index contributed by atoms with van der Waals surface area (Å²) in [5.41, 5.74) is 6.92. The zero-order valence-corrected chi connectivity index (χ0v) is 12.6. The zero-order valence-electron chi connectivity index (χ0n) is 11.8. The molecule has 1 aromatic carbocycles. The van der Waals surface area contributed by atoms with Gasteiger partial charge in [0.05, 0.1) is 10.6 Å². The van der Waals surface area contributed by atoms with Crippen LogP contribution in [-0.2, 0) is 9.84 Å². The van der Waals surface area contributed by atoms with E-state index < -0.39 is 9.84 Å². The fraction of sp³-hybridized carbons (Fsp3) is 0.571. The predicted molar refractivity (Wildman–Crippen MR) is 78.1 cm³/mol. The Bertz CT molecular complexity index is 567. The third-order valence-corrected chi connectivity index (χ3v) is 5.06. The third kappa shape index (κ3) is 2.92. The van der Waals surface area contributed by atoms with Gasteiger partial charge in [-0.1, -0.05) is 26.0 Å². The highest BCUT2D eigenvalue weighted by atomic mass is 32.2. The number of hydrogen-bond donors (Lipinski definition) is 1. The highest BCUT2D eigenvalue weighted by Gasteiger charge is 2.34. The van der Waals surface area contributed by atoms with Gasteiger partial charge in [0.25, 0.3) is 0 Å². The molecular formula is C14H22N2O2S. The van der Waals surface area contributed by atoms with E-state index in [2.05, 4.69) is 18.7 Å². The molecule has 2 N–H and O–H groups in total. The van der Waals surface area contributed by atoms with Crippen molar-refractivity contribution in [2.24, 2.45) is 11.1 Å². The van der Waals surface area contributed by atoms with Crippen molar-refractivity contribution in [3.05, 3.63) is 24.3 Å². The van der Waals surface area contributed by atoms with Crippen molar-refractivity contribution in [3.63, 3.8) is 0 Å². The Labute approximate surface area is 115 Å². The topological polar surface area (TPSA) is 63.4 Å². The molecule has 1 heterocycles. The van der Waals surface area contributed by atoms with Crippen LogP contribution in [0.4, 0.5) is 5.69 Å². The molecule has 0 radical (unpaired) electrons. The van der Waals surface area contributed by atoms with Crippen LogP contribution in [0.15, 0.2) is 29.2 Å². The van der Waals surface area contributed by atoms with E-state index in [4.69, 9.17) is 5.73 Å². The minimum absolute atomic E-state index is 0.0110. The van der Waals surface area contributed by atoms with Crippen LogP contribution in [0.5, 0.6) is 0 Å². The quantitative estimate of drug-likeness (QED) is 0.896. The van der Waals surface area contributed by atoms with E-state index >= 15 is 0 Å². The fourth-order valence-electron chi connectivity index (χ4n) is 2.61. The maximum Gasteiger partial charge on any atom is 0.177 e. The summed E-state index contributed by atoms with van der Waals surface area (Å²) in [5.74, 6) is 0. The van der Waals surface area contributed by atoms with Crippen LogP contribution >= 0.6 is 0 Å². The maximum atomic E-state index is 11.9. The number of sulfone groups is 1. The van der Waals surface area contributed by atoms with Crippen LogP contribution in [0.2, 0.25) is 0 Å². The van der Waals surface area contributed by atoms with Crippen molar-refractivity contribution in [2.75, 3.05) is 24.2 Å². The number of benzene rings is 1. The SMILES string of the molecule is CC1(C)CN(c2ccccc2S(C)(=O)=O)CCC1N. The predicted octanol–water partition coefficient (Wildman–Crippen LogP) is 1.65. The second-order valence-electron chi connectivity index (χ2n) is 6.05. The molecule has 0 spiro atoms. The lowest BCUT2D eigenvalue weighted by Crippen LogP contribution is -2.52. The van der Waals surface area contributed by atoms with Crippen LogP contribution in [0, 0.1) is 5.41 Å². The van der Waals surface area contributed by atoms with Crippen LogP contribution in [-0.4, -0.2) is 33.8 Å². The Balaban J connectivity index is 2.39. The van der Waals surface area contributed by atoms with Crippen molar-refractivity contribution in [1.82, 2.24) is 0 Å². The molecule has 2 rings (SSSR count). The number of para-hydroxylation sites is 1. The van der Waals surface area contributed by atoms with Gasteiger partial charge in [-0.15, -0.1) is 0 Å². The van der Waals surface area contributed by atoms with Crippen LogP contribution in [0.25, 0.3) is 0 Å². The van der Waals surface area contributed by atoms with Gasteiger partial charge >= 0.3 is 0 Å². The van der Waals surface area contributed by atoms with Gasteiger partial charge in [0.1, 0.15) is 0 Å². The van der Waals surface area contributed by atoms with Gasteiger partial charge in [0.15, 0.2) is 9.84 Å². The van der Waals surface area contributed by atoms with Crippen molar-refractivity contribution >= 4 is 15.5 Å². The minimum Gasteiger partial charge on any atom is -0.370 e. The largest absolute Gasteiger partial charge is 0.370 e. The normalized spacial score (nSPS) is 23.4. The molecule has 0 bridgehead atoms. The fourth-order valence-corrected chi connectivity index (χ4v) is 3.51. The van der Waals surface area contributed by atoms with Crippen molar-refractivity contribution in [2.45, 2.75) is 31.2 Å². The molecule has 0 aromatic heterocycles. The monoisotopic (exact) mass is 282 g/mol. The van der Waals surface area contributed by atoms with E-state index in [9.17, 15) is 8.42 Å². The maximum absolute atomic E-state index is 11.9. The van der Waals surface area contributed by atoms with E-state index in [0.29, 0.717) is 4.90 Å². The average Bonchev–Trinajstić information content (AvgIpc) is 2.31. The average molecular weight is 282 g/mol. The Morgan fingerprint density at radius 1 is 1.32 bits per heavy atom. The first-order chi connectivity index (χ1) is 8.72. The molecule has 4 nitrogen and oxygen atoms in total. The first-order valence-corrected chi connectivity index (χ1v) is 8.40. The Morgan fingerprint density at radius 3 is 2.53 bits per heavy atom. The standard InChI is InChI=1S/C14H22N2O2S/c1-14(2)10-16(9-8-13(14)15)11-6-4-5-7-12(11)19(3,17)18/h4-7,13H,8-10,15H2,1-3H3. The number of piperidine rings is 1. The van der Waals surface area contributed by atoms with E-state index in [1.165, 1.54) is 6.26 Å². The van der Waals surface area contributed by atoms with E-state index in [1.807, 2.05) is 12.1 Å². The van der Waals surface area contributed by atoms with Gasteiger partial charge in [-0.25, -0.2) is 8.42 Å². The van der Waals surface area contributed by atoms with E-state index in [0.717, 1.165) is 25.2 Å². The molecule has 1 atom stereocenters. The van der Waals surface area contributed by atoms with Crippen LogP contribution in [0.3, 0.4) is 0 Å². The first-order valence-electron chi connectivity index (χ1n) is 6.51. The lowest BCUT2D eigenvalue weighted by atomic mass is 9.79. The molecule has 5 heteroatoms. The zero-order chi connectivity index (χ0) is 14.3. The van der Waals surface area contributed by atoms with Gasteiger partial charge in [-0.3, -0.25) is 0 Å². The van der Waals surface area contributed by atoms with Crippen molar-refractivity contribution in [3.8, 4) is 0 Å². The number of rotatable bonds is 2. The number of nitrogens with zero attached hydrogens (tertiary/aromatic N) is 1. The molecular weight excluding hydrogens is 260 g/mol. The number of nitrogens with two attached hydrogens (primary N) is 1. The summed E-state index contributed by atoms with van der Waals surface area (Å²) in [4.78, 5) is 2.54. The smallest absolute Gasteiger partial charge is 0.177 e. The molecule has 0 aliphatic carbocycles. The summed E-state index contributed by atoms with van der Waals surface area (Å²) in [5, 5.41) is 0. The molecule has 1 aromatic rings. The highest BCUT2D eigenvalue weighted by Crippen LogP contribution is 2.33. The van der Waals surface area contributed by atoms with Crippen LogP contribution in [0.1, 0.15) is 20.3 Å². The van der Waals surface area contributed by atoms with Gasteiger partial charge in [-0.05, 0) is 24.0 Å². The lowest BCUT2D eigenvalue weighted by molar-refractivity contribution is 0.244. The summed E-state index contributed by atoms with van der Waals surface area (Å²) in [6, 6.07) is 7.36. The summed E-state index contributed by atoms with van der Waals surface area (Å²) < 4.78 is 23.7. The molecule has 1 aliphatic heterocycles. The van der Waals surface area contributed by atoms with Crippen molar-refractivity contribution < 1.29 is 8.42 Å². The van der Waals surface area contributed by atoms with E-state index in [-0.39, 0.29) is 11.5 Å². The molecule has 1 saturated heterocycles. The van der Waals surface area contributed by atoms with Crippen molar-refractivity contribution in [1.29, 1.82) is 0 Å². The molecule has 0 amide bonds. The Morgan fingerprint density at radius 2 is 1.95 bits per heavy atom. The number of hydrogen-bond acceptors (Lipinski definition) is 4. The second-order valence-corrected chi connectivity index (χ2v) is 8.03. The molecule has 0 saturated carbocycles. The summed E-state index contributed by atoms with van der Waals surface area (Å²) in [6.45, 7) is 5.84. The molecule has 19 heavy (non-hydrogen) atoms. The Kier molecular flexibility index (Phi) is 3.62. The molecule has 1 fully saturated rings. The third-order valence-electron chi connectivity index (χ3n) is 3.92. The molecule has 106 valence electrons. The van der Waals surface area contributed by atoms with Gasteiger partial charge in [0.2, 0.25) is 0 Å². The van der Waals surface area contributed by atoms with Gasteiger partial charge in [-0.2, -0.15) is 0 Å². The number of anilines is 1. The Hall–Kier alpha value is -1.07. The first kappa shape index (κ1) is 14.3. The molecule has 1 aliphatic rings. The van der Waals surface area contributed by atoms with Gasteiger partial charge in [0, 0.05) is 25.4 Å². The van der Waals surface area contributed by atoms with Crippen LogP contribution < -0.4 is 10.6 Å². The second kappa shape index (κ2) is 4.80. The van der Waals surface area contributed by atoms with E-state index in [1.54, 1.807) is 12.1 Å². The lowest BCUT2D eigenvalue weighted by Gasteiger charge is -2.44. The highest BCUT2D eigenvalue weighted by molar-refractivity contribution is 7.90. The summed E-state index contributed by atoms with van der Waals surface area (Å²) >= 11 is 0. The minimum atomic E-state index is -3.21. The van der Waals surface area contributed by atoms with Gasteiger partial charge < -0.3 is 10.6 Å². The summed E-state index contributed by atoms with van der Waals surface area (Å²) in [6.07, 6.45) is 2.14.